The molecule has 1 unspecified atom stereocenters. The lowest BCUT2D eigenvalue weighted by atomic mass is 10.0. The van der Waals surface area contributed by atoms with Crippen LogP contribution in [0.15, 0.2) is 54.0 Å². The summed E-state index contributed by atoms with van der Waals surface area (Å²) < 4.78 is 37.9. The van der Waals surface area contributed by atoms with Gasteiger partial charge in [0.15, 0.2) is 0 Å². The smallest absolute Gasteiger partial charge is 0.324 e. The van der Waals surface area contributed by atoms with Crippen LogP contribution in [0.25, 0.3) is 0 Å². The first-order valence-corrected chi connectivity index (χ1v) is 10.3. The van der Waals surface area contributed by atoms with Crippen LogP contribution in [-0.4, -0.2) is 50.0 Å². The molecular weight excluding hydrogens is 382 g/mol. The van der Waals surface area contributed by atoms with Crippen molar-refractivity contribution in [2.24, 2.45) is 0 Å². The zero-order chi connectivity index (χ0) is 20.9. The molecule has 1 aromatic carbocycles. The Kier molecular flexibility index (Phi) is 7.15. The monoisotopic (exact) mass is 407 g/mol. The summed E-state index contributed by atoms with van der Waals surface area (Å²) in [6, 6.07) is 4.69. The van der Waals surface area contributed by atoms with Gasteiger partial charge in [0, 0.05) is 19.4 Å². The van der Waals surface area contributed by atoms with E-state index in [9.17, 15) is 18.0 Å². The maximum Gasteiger partial charge on any atom is 0.324 e. The minimum Gasteiger partial charge on any atom is -0.468 e. The maximum absolute atomic E-state index is 13.4. The molecular formula is C20H25NO6S. The van der Waals surface area contributed by atoms with Crippen LogP contribution in [0.5, 0.6) is 0 Å². The third kappa shape index (κ3) is 4.88. The lowest BCUT2D eigenvalue weighted by Gasteiger charge is -2.37. The van der Waals surface area contributed by atoms with E-state index < -0.39 is 40.1 Å². The van der Waals surface area contributed by atoms with Crippen molar-refractivity contribution in [1.29, 1.82) is 0 Å². The number of hydrogen-bond acceptors (Lipinski definition) is 6. The highest BCUT2D eigenvalue weighted by Gasteiger charge is 2.42. The molecule has 7 nitrogen and oxygen atoms in total. The minimum absolute atomic E-state index is 0.0787. The lowest BCUT2D eigenvalue weighted by Crippen LogP contribution is -2.52. The Balaban J connectivity index is 2.47. The van der Waals surface area contributed by atoms with E-state index in [1.54, 1.807) is 24.3 Å². The molecule has 0 fully saturated rings. The first kappa shape index (κ1) is 21.8. The standard InChI is InChI=1S/C20H25NO6S/c1-5-17(27-15(3)22)13-16-7-6-8-19(20(23)26-4)21(16)28(24,25)18-11-9-14(2)10-12-18/h5-7,9-12,16-17,19H,1,8,13H2,2-4H3/t16-,17-,19?/m0/s1. The zero-order valence-electron chi connectivity index (χ0n) is 16.2. The Morgan fingerprint density at radius 1 is 1.32 bits per heavy atom. The average Bonchev–Trinajstić information content (AvgIpc) is 2.66. The second-order valence-corrected chi connectivity index (χ2v) is 8.38. The van der Waals surface area contributed by atoms with E-state index in [0.29, 0.717) is 0 Å². The number of aryl methyl sites for hydroxylation is 1. The van der Waals surface area contributed by atoms with Crippen LogP contribution in [0.2, 0.25) is 0 Å². The van der Waals surface area contributed by atoms with E-state index in [0.717, 1.165) is 9.87 Å². The van der Waals surface area contributed by atoms with E-state index in [1.807, 2.05) is 6.92 Å². The van der Waals surface area contributed by atoms with Gasteiger partial charge in [0.2, 0.25) is 10.0 Å². The number of nitrogens with zero attached hydrogens (tertiary/aromatic N) is 1. The first-order valence-electron chi connectivity index (χ1n) is 8.85. The van der Waals surface area contributed by atoms with Crippen LogP contribution in [-0.2, 0) is 29.1 Å². The molecule has 1 aliphatic rings. The number of hydrogen-bond donors (Lipinski definition) is 0. The normalized spacial score (nSPS) is 21.0. The molecule has 1 heterocycles. The second kappa shape index (κ2) is 9.16. The SMILES string of the molecule is C=C[C@@H](C[C@@H]1C=CCC(C(=O)OC)N1S(=O)(=O)c1ccc(C)cc1)OC(C)=O. The Hall–Kier alpha value is -2.45. The predicted octanol–water partition coefficient (Wildman–Crippen LogP) is 2.36. The van der Waals surface area contributed by atoms with Crippen molar-refractivity contribution in [3.05, 3.63) is 54.6 Å². The lowest BCUT2D eigenvalue weighted by molar-refractivity contribution is -0.147. The Labute approximate surface area is 165 Å². The largest absolute Gasteiger partial charge is 0.468 e. The summed E-state index contributed by atoms with van der Waals surface area (Å²) in [5, 5.41) is 0. The second-order valence-electron chi connectivity index (χ2n) is 6.54. The van der Waals surface area contributed by atoms with Crippen LogP contribution in [0.1, 0.15) is 25.3 Å². The van der Waals surface area contributed by atoms with Gasteiger partial charge in [-0.2, -0.15) is 4.31 Å². The van der Waals surface area contributed by atoms with Crippen LogP contribution in [0.3, 0.4) is 0 Å². The van der Waals surface area contributed by atoms with Crippen molar-refractivity contribution in [2.75, 3.05) is 7.11 Å². The van der Waals surface area contributed by atoms with E-state index in [1.165, 1.54) is 32.2 Å². The summed E-state index contributed by atoms with van der Waals surface area (Å²) in [4.78, 5) is 23.7. The summed E-state index contributed by atoms with van der Waals surface area (Å²) in [7, 11) is -2.79. The van der Waals surface area contributed by atoms with Crippen molar-refractivity contribution in [3.63, 3.8) is 0 Å². The van der Waals surface area contributed by atoms with Crippen LogP contribution in [0.4, 0.5) is 0 Å². The van der Waals surface area contributed by atoms with E-state index in [2.05, 4.69) is 6.58 Å². The fraction of sp³-hybridized carbons (Fsp3) is 0.400. The van der Waals surface area contributed by atoms with Crippen LogP contribution >= 0.6 is 0 Å². The number of benzene rings is 1. The van der Waals surface area contributed by atoms with Crippen molar-refractivity contribution in [1.82, 2.24) is 4.31 Å². The molecule has 0 bridgehead atoms. The van der Waals surface area contributed by atoms with Gasteiger partial charge in [0.05, 0.1) is 12.0 Å². The molecule has 0 saturated heterocycles. The third-order valence-electron chi connectivity index (χ3n) is 4.48. The van der Waals surface area contributed by atoms with Gasteiger partial charge in [-0.15, -0.1) is 0 Å². The molecule has 8 heteroatoms. The van der Waals surface area contributed by atoms with Crippen LogP contribution in [0, 0.1) is 6.92 Å². The molecule has 3 atom stereocenters. The molecule has 1 aliphatic heterocycles. The summed E-state index contributed by atoms with van der Waals surface area (Å²) in [6.07, 6.45) is 4.51. The third-order valence-corrected chi connectivity index (χ3v) is 6.42. The quantitative estimate of drug-likeness (QED) is 0.509. The number of rotatable bonds is 7. The highest BCUT2D eigenvalue weighted by atomic mass is 32.2. The fourth-order valence-corrected chi connectivity index (χ4v) is 4.87. The molecule has 0 spiro atoms. The summed E-state index contributed by atoms with van der Waals surface area (Å²) in [6.45, 7) is 6.77. The van der Waals surface area contributed by atoms with Gasteiger partial charge in [-0.05, 0) is 25.5 Å². The number of esters is 2. The Morgan fingerprint density at radius 2 is 1.96 bits per heavy atom. The molecule has 152 valence electrons. The molecule has 0 saturated carbocycles. The number of carbonyl (C=O) groups excluding carboxylic acids is 2. The molecule has 28 heavy (non-hydrogen) atoms. The minimum atomic E-state index is -4.01. The van der Waals surface area contributed by atoms with Gasteiger partial charge >= 0.3 is 11.9 Å². The zero-order valence-corrected chi connectivity index (χ0v) is 17.0. The molecule has 1 aromatic rings. The number of carbonyl (C=O) groups is 2. The molecule has 0 N–H and O–H groups in total. The van der Waals surface area contributed by atoms with Gasteiger partial charge in [-0.1, -0.05) is 42.5 Å². The Morgan fingerprint density at radius 3 is 2.50 bits per heavy atom. The highest BCUT2D eigenvalue weighted by molar-refractivity contribution is 7.89. The predicted molar refractivity (Wildman–Crippen MR) is 104 cm³/mol. The topological polar surface area (TPSA) is 90.0 Å². The van der Waals surface area contributed by atoms with Crippen LogP contribution < -0.4 is 0 Å². The van der Waals surface area contributed by atoms with E-state index in [-0.39, 0.29) is 17.7 Å². The molecule has 0 aliphatic carbocycles. The van der Waals surface area contributed by atoms with Crippen molar-refractivity contribution >= 4 is 22.0 Å². The number of ether oxygens (including phenoxy) is 2. The highest BCUT2D eigenvalue weighted by Crippen LogP contribution is 2.30. The van der Waals surface area contributed by atoms with Gasteiger partial charge < -0.3 is 9.47 Å². The molecule has 0 radical (unpaired) electrons. The number of sulfonamides is 1. The van der Waals surface area contributed by atoms with Crippen molar-refractivity contribution < 1.29 is 27.5 Å². The molecule has 0 aromatic heterocycles. The van der Waals surface area contributed by atoms with E-state index >= 15 is 0 Å². The van der Waals surface area contributed by atoms with Gasteiger partial charge in [-0.3, -0.25) is 9.59 Å². The summed E-state index contributed by atoms with van der Waals surface area (Å²) in [5.41, 5.74) is 0.917. The van der Waals surface area contributed by atoms with E-state index in [4.69, 9.17) is 9.47 Å². The van der Waals surface area contributed by atoms with Gasteiger partial charge in [0.25, 0.3) is 0 Å². The fourth-order valence-electron chi connectivity index (χ4n) is 3.12. The molecule has 2 rings (SSSR count). The van der Waals surface area contributed by atoms with Crippen molar-refractivity contribution in [3.8, 4) is 0 Å². The van der Waals surface area contributed by atoms with Crippen molar-refractivity contribution in [2.45, 2.75) is 49.8 Å². The average molecular weight is 407 g/mol. The molecule has 0 amide bonds. The van der Waals surface area contributed by atoms with Gasteiger partial charge in [0.1, 0.15) is 12.1 Å². The first-order chi connectivity index (χ1) is 13.2. The van der Waals surface area contributed by atoms with Gasteiger partial charge in [-0.25, -0.2) is 8.42 Å². The summed E-state index contributed by atoms with van der Waals surface area (Å²) >= 11 is 0. The summed E-state index contributed by atoms with van der Waals surface area (Å²) in [5.74, 6) is -1.14. The maximum atomic E-state index is 13.4. The Bertz CT molecular complexity index is 859. The number of methoxy groups -OCH3 is 1.